The number of nitrogens with zero attached hydrogens (tertiary/aromatic N) is 1. The van der Waals surface area contributed by atoms with Gasteiger partial charge in [0.25, 0.3) is 0 Å². The van der Waals surface area contributed by atoms with E-state index in [1.165, 1.54) is 11.1 Å². The van der Waals surface area contributed by atoms with Gasteiger partial charge in [-0.15, -0.1) is 0 Å². The Kier molecular flexibility index (Phi) is 5.94. The zero-order valence-corrected chi connectivity index (χ0v) is 14.4. The number of carbonyl (C=O) groups is 1. The van der Waals surface area contributed by atoms with Crippen molar-refractivity contribution < 1.29 is 9.53 Å². The Morgan fingerprint density at radius 3 is 2.39 bits per heavy atom. The van der Waals surface area contributed by atoms with Crippen LogP contribution in [-0.4, -0.2) is 24.3 Å². The van der Waals surface area contributed by atoms with Crippen LogP contribution in [0, 0.1) is 6.92 Å². The molecule has 0 aromatic heterocycles. The lowest BCUT2D eigenvalue weighted by atomic mass is 10.1. The summed E-state index contributed by atoms with van der Waals surface area (Å²) >= 11 is 0. The second-order valence-electron chi connectivity index (χ2n) is 5.97. The molecule has 0 heterocycles. The topological polar surface area (TPSA) is 29.5 Å². The van der Waals surface area contributed by atoms with E-state index in [4.69, 9.17) is 4.74 Å². The van der Waals surface area contributed by atoms with Crippen LogP contribution in [0.3, 0.4) is 0 Å². The highest BCUT2D eigenvalue weighted by Crippen LogP contribution is 2.23. The predicted octanol–water partition coefficient (Wildman–Crippen LogP) is 4.23. The molecule has 0 fully saturated rings. The van der Waals surface area contributed by atoms with Gasteiger partial charge in [0.15, 0.2) is 5.78 Å². The number of Topliss-reactive ketones (excluding diaryl/α,β-unsaturated/α-hetero) is 1. The molecule has 0 bridgehead atoms. The lowest BCUT2D eigenvalue weighted by molar-refractivity contribution is 0.101. The number of ketones is 1. The fourth-order valence-electron chi connectivity index (χ4n) is 2.57. The number of aryl methyl sites for hydroxylation is 1. The van der Waals surface area contributed by atoms with E-state index in [9.17, 15) is 4.79 Å². The van der Waals surface area contributed by atoms with E-state index < -0.39 is 0 Å². The van der Waals surface area contributed by atoms with E-state index in [-0.39, 0.29) is 5.78 Å². The van der Waals surface area contributed by atoms with Gasteiger partial charge in [0.05, 0.1) is 6.61 Å². The lowest BCUT2D eigenvalue weighted by Gasteiger charge is -2.19. The van der Waals surface area contributed by atoms with Gasteiger partial charge >= 0.3 is 0 Å². The van der Waals surface area contributed by atoms with Crippen LogP contribution in [0.2, 0.25) is 0 Å². The van der Waals surface area contributed by atoms with Gasteiger partial charge in [-0.3, -0.25) is 9.69 Å². The first-order chi connectivity index (χ1) is 11.0. The molecule has 0 saturated carbocycles. The van der Waals surface area contributed by atoms with E-state index in [1.807, 2.05) is 25.1 Å². The third kappa shape index (κ3) is 4.93. The SMILES string of the molecule is CCOc1ccc(C(C)=O)cc1CN(C)Cc1ccc(C)cc1. The van der Waals surface area contributed by atoms with Gasteiger partial charge in [-0.1, -0.05) is 29.8 Å². The highest BCUT2D eigenvalue weighted by atomic mass is 16.5. The van der Waals surface area contributed by atoms with Gasteiger partial charge in [-0.25, -0.2) is 0 Å². The normalized spacial score (nSPS) is 10.8. The van der Waals surface area contributed by atoms with Crippen LogP contribution in [-0.2, 0) is 13.1 Å². The molecule has 3 heteroatoms. The molecule has 23 heavy (non-hydrogen) atoms. The summed E-state index contributed by atoms with van der Waals surface area (Å²) in [4.78, 5) is 13.8. The molecule has 0 spiro atoms. The first-order valence-electron chi connectivity index (χ1n) is 8.00. The van der Waals surface area contributed by atoms with Crippen molar-refractivity contribution in [2.24, 2.45) is 0 Å². The maximum absolute atomic E-state index is 11.6. The van der Waals surface area contributed by atoms with E-state index in [0.29, 0.717) is 6.61 Å². The molecule has 0 N–H and O–H groups in total. The summed E-state index contributed by atoms with van der Waals surface area (Å²) in [5.41, 5.74) is 4.32. The molecule has 0 saturated heterocycles. The maximum Gasteiger partial charge on any atom is 0.159 e. The zero-order valence-electron chi connectivity index (χ0n) is 14.4. The van der Waals surface area contributed by atoms with E-state index in [1.54, 1.807) is 6.92 Å². The molecule has 0 aliphatic heterocycles. The summed E-state index contributed by atoms with van der Waals surface area (Å²) in [5.74, 6) is 0.934. The number of hydrogen-bond donors (Lipinski definition) is 0. The van der Waals surface area contributed by atoms with Crippen LogP contribution >= 0.6 is 0 Å². The highest BCUT2D eigenvalue weighted by Gasteiger charge is 2.10. The molecule has 0 aliphatic carbocycles. The smallest absolute Gasteiger partial charge is 0.159 e. The van der Waals surface area contributed by atoms with Crippen molar-refractivity contribution in [3.05, 3.63) is 64.7 Å². The van der Waals surface area contributed by atoms with Crippen LogP contribution in [0.1, 0.15) is 40.9 Å². The summed E-state index contributed by atoms with van der Waals surface area (Å²) in [6, 6.07) is 14.2. The first-order valence-corrected chi connectivity index (χ1v) is 8.00. The number of ether oxygens (including phenoxy) is 1. The molecule has 2 aromatic carbocycles. The molecule has 122 valence electrons. The Morgan fingerprint density at radius 2 is 1.78 bits per heavy atom. The quantitative estimate of drug-likeness (QED) is 0.717. The standard InChI is InChI=1S/C20H25NO2/c1-5-23-20-11-10-18(16(3)22)12-19(20)14-21(4)13-17-8-6-15(2)7-9-17/h6-12H,5,13-14H2,1-4H3. The molecule has 0 unspecified atom stereocenters. The van der Waals surface area contributed by atoms with Gasteiger partial charge < -0.3 is 4.74 Å². The zero-order chi connectivity index (χ0) is 16.8. The molecule has 2 aromatic rings. The van der Waals surface area contributed by atoms with Crippen molar-refractivity contribution in [2.45, 2.75) is 33.9 Å². The largest absolute Gasteiger partial charge is 0.494 e. The van der Waals surface area contributed by atoms with E-state index >= 15 is 0 Å². The Balaban J connectivity index is 2.14. The van der Waals surface area contributed by atoms with Gasteiger partial charge in [0.1, 0.15) is 5.75 Å². The van der Waals surface area contributed by atoms with Crippen LogP contribution in [0.25, 0.3) is 0 Å². The van der Waals surface area contributed by atoms with Crippen molar-refractivity contribution in [2.75, 3.05) is 13.7 Å². The second kappa shape index (κ2) is 7.93. The van der Waals surface area contributed by atoms with Gasteiger partial charge in [-0.05, 0) is 51.6 Å². The second-order valence-corrected chi connectivity index (χ2v) is 5.97. The molecule has 0 atom stereocenters. The minimum atomic E-state index is 0.0792. The maximum atomic E-state index is 11.6. The lowest BCUT2D eigenvalue weighted by Crippen LogP contribution is -2.18. The summed E-state index contributed by atoms with van der Waals surface area (Å²) in [7, 11) is 2.08. The fourth-order valence-corrected chi connectivity index (χ4v) is 2.57. The Labute approximate surface area is 138 Å². The Bertz CT molecular complexity index is 662. The summed E-state index contributed by atoms with van der Waals surface area (Å²) in [6.45, 7) is 7.87. The number of rotatable bonds is 7. The Hall–Kier alpha value is -2.13. The van der Waals surface area contributed by atoms with Gasteiger partial charge in [0.2, 0.25) is 0 Å². The number of carbonyl (C=O) groups excluding carboxylic acids is 1. The summed E-state index contributed by atoms with van der Waals surface area (Å²) in [5, 5.41) is 0. The van der Waals surface area contributed by atoms with Crippen LogP contribution in [0.15, 0.2) is 42.5 Å². The predicted molar refractivity (Wildman–Crippen MR) is 94.0 cm³/mol. The fraction of sp³-hybridized carbons (Fsp3) is 0.350. The average Bonchev–Trinajstić information content (AvgIpc) is 2.51. The summed E-state index contributed by atoms with van der Waals surface area (Å²) in [6.07, 6.45) is 0. The minimum Gasteiger partial charge on any atom is -0.494 e. The Morgan fingerprint density at radius 1 is 1.09 bits per heavy atom. The minimum absolute atomic E-state index is 0.0792. The molecular formula is C20H25NO2. The van der Waals surface area contributed by atoms with Crippen LogP contribution < -0.4 is 4.74 Å². The van der Waals surface area contributed by atoms with Crippen molar-refractivity contribution in [3.63, 3.8) is 0 Å². The molecular weight excluding hydrogens is 286 g/mol. The van der Waals surface area contributed by atoms with Crippen molar-refractivity contribution >= 4 is 5.78 Å². The summed E-state index contributed by atoms with van der Waals surface area (Å²) < 4.78 is 5.70. The average molecular weight is 311 g/mol. The van der Waals surface area contributed by atoms with Crippen molar-refractivity contribution in [1.82, 2.24) is 4.90 Å². The third-order valence-electron chi connectivity index (χ3n) is 3.78. The monoisotopic (exact) mass is 311 g/mol. The molecule has 3 nitrogen and oxygen atoms in total. The van der Waals surface area contributed by atoms with Crippen LogP contribution in [0.5, 0.6) is 5.75 Å². The first kappa shape index (κ1) is 17.2. The van der Waals surface area contributed by atoms with Crippen LogP contribution in [0.4, 0.5) is 0 Å². The van der Waals surface area contributed by atoms with Gasteiger partial charge in [-0.2, -0.15) is 0 Å². The van der Waals surface area contributed by atoms with E-state index in [0.717, 1.165) is 30.0 Å². The van der Waals surface area contributed by atoms with Gasteiger partial charge in [0, 0.05) is 24.2 Å². The number of benzene rings is 2. The third-order valence-corrected chi connectivity index (χ3v) is 3.78. The molecule has 2 rings (SSSR count). The van der Waals surface area contributed by atoms with Crippen molar-refractivity contribution in [1.29, 1.82) is 0 Å². The highest BCUT2D eigenvalue weighted by molar-refractivity contribution is 5.94. The van der Waals surface area contributed by atoms with E-state index in [2.05, 4.69) is 43.1 Å². The molecule has 0 amide bonds. The molecule has 0 radical (unpaired) electrons. The molecule has 0 aliphatic rings. The number of hydrogen-bond acceptors (Lipinski definition) is 3. The van der Waals surface area contributed by atoms with Crippen molar-refractivity contribution in [3.8, 4) is 5.75 Å².